The lowest BCUT2D eigenvalue weighted by Gasteiger charge is -2.12. The van der Waals surface area contributed by atoms with E-state index >= 15 is 0 Å². The third-order valence-corrected chi connectivity index (χ3v) is 4.78. The minimum Gasteiger partial charge on any atom is -0.493 e. The van der Waals surface area contributed by atoms with Gasteiger partial charge in [-0.05, 0) is 63.3 Å². The molecular weight excluding hydrogens is 519 g/mol. The van der Waals surface area contributed by atoms with E-state index in [-0.39, 0.29) is 29.5 Å². The first-order valence-electron chi connectivity index (χ1n) is 11.1. The molecule has 0 radical (unpaired) electrons. The van der Waals surface area contributed by atoms with Gasteiger partial charge >= 0.3 is 0 Å². The minimum absolute atomic E-state index is 0. The number of nitrogens with zero attached hydrogens (tertiary/aromatic N) is 2. The molecule has 0 bridgehead atoms. The van der Waals surface area contributed by atoms with Gasteiger partial charge in [-0.1, -0.05) is 12.1 Å². The molecule has 8 heteroatoms. The normalized spacial score (nSPS) is 10.9. The summed E-state index contributed by atoms with van der Waals surface area (Å²) in [4.78, 5) is 16.4. The summed E-state index contributed by atoms with van der Waals surface area (Å²) in [6.07, 6.45) is 5.62. The smallest absolute Gasteiger partial charge is 0.250 e. The zero-order valence-electron chi connectivity index (χ0n) is 19.4. The molecular formula is C24H37IN4O3. The van der Waals surface area contributed by atoms with Crippen LogP contribution in [0.1, 0.15) is 38.7 Å². The molecule has 0 atom stereocenters. The van der Waals surface area contributed by atoms with E-state index < -0.39 is 0 Å². The highest BCUT2D eigenvalue weighted by atomic mass is 127. The fraction of sp³-hybridized carbons (Fsp3) is 0.500. The number of methoxy groups -OCH3 is 1. The van der Waals surface area contributed by atoms with Gasteiger partial charge in [-0.25, -0.2) is 0 Å². The number of pyridine rings is 1. The van der Waals surface area contributed by atoms with Crippen molar-refractivity contribution in [2.45, 2.75) is 46.1 Å². The first kappa shape index (κ1) is 27.8. The molecule has 2 N–H and O–H groups in total. The number of hydrogen-bond donors (Lipinski definition) is 2. The van der Waals surface area contributed by atoms with Crippen molar-refractivity contribution in [3.8, 4) is 11.5 Å². The van der Waals surface area contributed by atoms with Gasteiger partial charge in [-0.15, -0.1) is 24.0 Å². The van der Waals surface area contributed by atoms with Crippen LogP contribution in [0.4, 0.5) is 0 Å². The van der Waals surface area contributed by atoms with Crippen molar-refractivity contribution in [1.82, 2.24) is 15.2 Å². The van der Waals surface area contributed by atoms with Crippen LogP contribution in [0, 0.1) is 0 Å². The van der Waals surface area contributed by atoms with Gasteiger partial charge in [0.1, 0.15) is 0 Å². The number of ether oxygens (including phenoxy) is 2. The van der Waals surface area contributed by atoms with Crippen molar-refractivity contribution in [3.05, 3.63) is 58.5 Å². The molecule has 0 aliphatic rings. The molecule has 32 heavy (non-hydrogen) atoms. The molecule has 7 nitrogen and oxygen atoms in total. The number of guanidine groups is 1. The maximum atomic E-state index is 11.7. The Hall–Kier alpha value is -2.23. The maximum absolute atomic E-state index is 11.7. The largest absolute Gasteiger partial charge is 0.493 e. The predicted molar refractivity (Wildman–Crippen MR) is 142 cm³/mol. The van der Waals surface area contributed by atoms with Gasteiger partial charge in [0.05, 0.1) is 13.7 Å². The lowest BCUT2D eigenvalue weighted by atomic mass is 10.1. The first-order chi connectivity index (χ1) is 15.2. The van der Waals surface area contributed by atoms with Crippen molar-refractivity contribution >= 4 is 29.9 Å². The number of benzene rings is 1. The van der Waals surface area contributed by atoms with E-state index in [4.69, 9.17) is 9.47 Å². The Morgan fingerprint density at radius 2 is 1.91 bits per heavy atom. The Kier molecular flexibility index (Phi) is 14.3. The van der Waals surface area contributed by atoms with Crippen molar-refractivity contribution in [2.75, 3.05) is 33.4 Å². The van der Waals surface area contributed by atoms with Crippen molar-refractivity contribution in [1.29, 1.82) is 0 Å². The summed E-state index contributed by atoms with van der Waals surface area (Å²) in [6, 6.07) is 11.3. The third-order valence-electron chi connectivity index (χ3n) is 4.78. The average Bonchev–Trinajstić information content (AvgIpc) is 2.78. The van der Waals surface area contributed by atoms with Crippen LogP contribution in [-0.2, 0) is 13.0 Å². The topological polar surface area (TPSA) is 76.9 Å². The lowest BCUT2D eigenvalue weighted by Crippen LogP contribution is -2.38. The molecule has 0 fully saturated rings. The number of halogens is 1. The number of aryl methyl sites for hydroxylation is 2. The van der Waals surface area contributed by atoms with Crippen LogP contribution >= 0.6 is 24.0 Å². The molecule has 0 saturated heterocycles. The molecule has 2 aromatic rings. The molecule has 1 aromatic heterocycles. The van der Waals surface area contributed by atoms with Crippen LogP contribution in [0.5, 0.6) is 11.5 Å². The van der Waals surface area contributed by atoms with Crippen LogP contribution in [0.3, 0.4) is 0 Å². The minimum atomic E-state index is 0. The summed E-state index contributed by atoms with van der Waals surface area (Å²) in [5, 5.41) is 6.66. The summed E-state index contributed by atoms with van der Waals surface area (Å²) >= 11 is 0. The highest BCUT2D eigenvalue weighted by Gasteiger charge is 2.05. The molecule has 0 spiro atoms. The Morgan fingerprint density at radius 1 is 1.06 bits per heavy atom. The van der Waals surface area contributed by atoms with Crippen LogP contribution in [0.15, 0.2) is 52.4 Å². The number of nitrogens with one attached hydrogen (secondary N) is 2. The summed E-state index contributed by atoms with van der Waals surface area (Å²) < 4.78 is 12.7. The van der Waals surface area contributed by atoms with E-state index in [9.17, 15) is 4.79 Å². The fourth-order valence-electron chi connectivity index (χ4n) is 3.22. The van der Waals surface area contributed by atoms with E-state index in [2.05, 4.69) is 28.6 Å². The van der Waals surface area contributed by atoms with Gasteiger partial charge in [-0.2, -0.15) is 0 Å². The van der Waals surface area contributed by atoms with Crippen LogP contribution in [-0.4, -0.2) is 43.9 Å². The number of rotatable bonds is 13. The Morgan fingerprint density at radius 3 is 2.62 bits per heavy atom. The summed E-state index contributed by atoms with van der Waals surface area (Å²) in [6.45, 7) is 7.77. The zero-order valence-corrected chi connectivity index (χ0v) is 21.8. The van der Waals surface area contributed by atoms with E-state index in [1.165, 1.54) is 5.56 Å². The molecule has 0 amide bonds. The predicted octanol–water partition coefficient (Wildman–Crippen LogP) is 3.84. The summed E-state index contributed by atoms with van der Waals surface area (Å²) in [7, 11) is 1.66. The number of aliphatic imine (C=N–C) groups is 1. The highest BCUT2D eigenvalue weighted by molar-refractivity contribution is 14.0. The molecule has 0 unspecified atom stereocenters. The molecule has 2 rings (SSSR count). The summed E-state index contributed by atoms with van der Waals surface area (Å²) in [5.41, 5.74) is 1.27. The Balaban J connectivity index is 0.00000512. The number of aromatic nitrogens is 1. The highest BCUT2D eigenvalue weighted by Crippen LogP contribution is 2.28. The second kappa shape index (κ2) is 16.4. The maximum Gasteiger partial charge on any atom is 0.250 e. The second-order valence-electron chi connectivity index (χ2n) is 7.15. The van der Waals surface area contributed by atoms with Crippen LogP contribution in [0.25, 0.3) is 0 Å². The first-order valence-corrected chi connectivity index (χ1v) is 11.1. The van der Waals surface area contributed by atoms with E-state index in [1.807, 2.05) is 31.3 Å². The van der Waals surface area contributed by atoms with E-state index in [0.717, 1.165) is 69.3 Å². The third kappa shape index (κ3) is 9.93. The van der Waals surface area contributed by atoms with Gasteiger partial charge in [0.25, 0.3) is 0 Å². The van der Waals surface area contributed by atoms with E-state index in [0.29, 0.717) is 6.61 Å². The average molecular weight is 556 g/mol. The number of unbranched alkanes of at least 4 members (excludes halogenated alkanes) is 1. The standard InChI is InChI=1S/C24H36N4O3.HI/c1-4-25-24(26-15-7-9-18-28-17-8-6-12-23(28)29)27-16-10-11-20-13-14-21(30-3)22(19-20)31-5-2;/h6,8,12-14,17,19H,4-5,7,9-11,15-16,18H2,1-3H3,(H2,25,26,27);1H. The Bertz CT molecular complexity index is 870. The Labute approximate surface area is 208 Å². The molecule has 0 aliphatic heterocycles. The van der Waals surface area contributed by atoms with Crippen molar-refractivity contribution in [2.24, 2.45) is 4.99 Å². The molecule has 0 aliphatic carbocycles. The van der Waals surface area contributed by atoms with Crippen molar-refractivity contribution < 1.29 is 9.47 Å². The lowest BCUT2D eigenvalue weighted by molar-refractivity contribution is 0.310. The van der Waals surface area contributed by atoms with Gasteiger partial charge in [-0.3, -0.25) is 9.79 Å². The molecule has 0 saturated carbocycles. The molecule has 1 heterocycles. The van der Waals surface area contributed by atoms with Gasteiger partial charge in [0, 0.05) is 38.4 Å². The van der Waals surface area contributed by atoms with Gasteiger partial charge in [0.15, 0.2) is 17.5 Å². The molecule has 178 valence electrons. The number of hydrogen-bond acceptors (Lipinski definition) is 4. The SMILES string of the molecule is CCNC(=NCCCc1ccc(OC)c(OCC)c1)NCCCCn1ccccc1=O.I. The van der Waals surface area contributed by atoms with Crippen LogP contribution in [0.2, 0.25) is 0 Å². The van der Waals surface area contributed by atoms with Gasteiger partial charge < -0.3 is 24.7 Å². The van der Waals surface area contributed by atoms with Crippen LogP contribution < -0.4 is 25.7 Å². The van der Waals surface area contributed by atoms with Gasteiger partial charge in [0.2, 0.25) is 5.56 Å². The second-order valence-corrected chi connectivity index (χ2v) is 7.15. The monoisotopic (exact) mass is 556 g/mol. The molecule has 1 aromatic carbocycles. The fourth-order valence-corrected chi connectivity index (χ4v) is 3.22. The van der Waals surface area contributed by atoms with Crippen molar-refractivity contribution in [3.63, 3.8) is 0 Å². The quantitative estimate of drug-likeness (QED) is 0.170. The van der Waals surface area contributed by atoms with E-state index in [1.54, 1.807) is 23.8 Å². The summed E-state index contributed by atoms with van der Waals surface area (Å²) in [5.74, 6) is 2.39. The zero-order chi connectivity index (χ0) is 22.3.